The van der Waals surface area contributed by atoms with Gasteiger partial charge in [0.1, 0.15) is 6.54 Å². The average Bonchev–Trinajstić information content (AvgIpc) is 3.58. The zero-order valence-corrected chi connectivity index (χ0v) is 37.4. The topological polar surface area (TPSA) is 84.1 Å². The van der Waals surface area contributed by atoms with Gasteiger partial charge < -0.3 is 15.1 Å². The number of unbranched alkanes of at least 4 members (excludes halogenated alkanes) is 4. The van der Waals surface area contributed by atoms with Crippen molar-refractivity contribution in [3.05, 3.63) is 130 Å². The maximum absolute atomic E-state index is 11.2. The Labute approximate surface area is 362 Å². The lowest BCUT2D eigenvalue weighted by Crippen LogP contribution is -2.30. The van der Waals surface area contributed by atoms with Crippen LogP contribution in [0.25, 0.3) is 21.5 Å². The van der Waals surface area contributed by atoms with Gasteiger partial charge in [-0.3, -0.25) is 14.5 Å². The van der Waals surface area contributed by atoms with E-state index >= 15 is 0 Å². The summed E-state index contributed by atoms with van der Waals surface area (Å²) in [6, 6.07) is 26.1. The van der Waals surface area contributed by atoms with Crippen molar-refractivity contribution in [2.24, 2.45) is 0 Å². The van der Waals surface area contributed by atoms with Gasteiger partial charge in [0.25, 0.3) is 0 Å². The van der Waals surface area contributed by atoms with E-state index < -0.39 is 11.9 Å². The van der Waals surface area contributed by atoms with E-state index in [-0.39, 0.29) is 23.7 Å². The minimum Gasteiger partial charge on any atom is -0.481 e. The molecule has 0 atom stereocenters. The van der Waals surface area contributed by atoms with Crippen molar-refractivity contribution in [1.29, 1.82) is 0 Å². The number of halogens is 1. The predicted octanol–water partition coefficient (Wildman–Crippen LogP) is 12.3. The molecule has 0 aliphatic carbocycles. The number of likely N-dealkylation sites (N-methyl/N-ethyl adjacent to an activating group) is 1. The van der Waals surface area contributed by atoms with Gasteiger partial charge in [-0.1, -0.05) is 106 Å². The summed E-state index contributed by atoms with van der Waals surface area (Å²) in [6.07, 6.45) is 14.2. The predicted molar refractivity (Wildman–Crippen MR) is 250 cm³/mol. The number of hydrogen-bond acceptors (Lipinski definition) is 4. The van der Waals surface area contributed by atoms with Crippen molar-refractivity contribution >= 4 is 62.2 Å². The number of allylic oxidation sites excluding steroid dienone is 4. The maximum atomic E-state index is 11.2. The summed E-state index contributed by atoms with van der Waals surface area (Å²) in [5, 5.41) is 24.2. The van der Waals surface area contributed by atoms with Crippen LogP contribution in [0.15, 0.2) is 119 Å². The average molecular weight is 830 g/mol. The summed E-state index contributed by atoms with van der Waals surface area (Å²) in [5.74, 6) is -1.48. The molecule has 60 heavy (non-hydrogen) atoms. The van der Waals surface area contributed by atoms with Crippen LogP contribution in [0.2, 0.25) is 0 Å². The SMILES string of the molecule is CC.CN1CC(/C=C/C2=[N+](CCCCCC(=O)O)c3ccc4ccccc4c3C2(C)C)=C(Cl)C(=C/C=C2/N(CCCCCC(=O)O)c3ccc4ccccc4c3C2(C)C)/C1. The van der Waals surface area contributed by atoms with Crippen LogP contribution in [0.1, 0.15) is 104 Å². The van der Waals surface area contributed by atoms with E-state index in [1.807, 2.05) is 13.8 Å². The van der Waals surface area contributed by atoms with Gasteiger partial charge in [0.2, 0.25) is 5.69 Å². The molecule has 0 fully saturated rings. The van der Waals surface area contributed by atoms with Crippen molar-refractivity contribution in [2.45, 2.75) is 104 Å². The molecule has 316 valence electrons. The molecule has 8 heteroatoms. The van der Waals surface area contributed by atoms with Crippen molar-refractivity contribution in [1.82, 2.24) is 4.90 Å². The molecule has 3 aliphatic rings. The number of benzene rings is 4. The molecule has 3 heterocycles. The van der Waals surface area contributed by atoms with Crippen LogP contribution >= 0.6 is 11.6 Å². The molecular weight excluding hydrogens is 766 g/mol. The Morgan fingerprint density at radius 1 is 0.717 bits per heavy atom. The molecule has 0 saturated carbocycles. The first-order valence-corrected chi connectivity index (χ1v) is 22.2. The number of anilines is 1. The van der Waals surface area contributed by atoms with Crippen LogP contribution in [-0.2, 0) is 20.4 Å². The monoisotopic (exact) mass is 828 g/mol. The molecule has 2 N–H and O–H groups in total. The van der Waals surface area contributed by atoms with Gasteiger partial charge >= 0.3 is 11.9 Å². The molecule has 7 nitrogen and oxygen atoms in total. The molecule has 0 aromatic heterocycles. The van der Waals surface area contributed by atoms with Gasteiger partial charge in [-0.05, 0) is 109 Å². The lowest BCUT2D eigenvalue weighted by atomic mass is 9.79. The minimum absolute atomic E-state index is 0.198. The summed E-state index contributed by atoms with van der Waals surface area (Å²) < 4.78 is 2.45. The third-order valence-electron chi connectivity index (χ3n) is 12.4. The second-order valence-corrected chi connectivity index (χ2v) is 17.7. The Balaban J connectivity index is 0.00000297. The number of carboxylic acids is 2. The van der Waals surface area contributed by atoms with Gasteiger partial charge in [0, 0.05) is 78.4 Å². The van der Waals surface area contributed by atoms with E-state index in [0.29, 0.717) is 12.8 Å². The molecule has 3 aliphatic heterocycles. The van der Waals surface area contributed by atoms with Crippen LogP contribution in [0.3, 0.4) is 0 Å². The van der Waals surface area contributed by atoms with E-state index in [4.69, 9.17) is 11.6 Å². The van der Waals surface area contributed by atoms with E-state index in [1.54, 1.807) is 0 Å². The highest BCUT2D eigenvalue weighted by Crippen LogP contribution is 2.51. The van der Waals surface area contributed by atoms with Crippen LogP contribution in [-0.4, -0.2) is 70.6 Å². The van der Waals surface area contributed by atoms with Gasteiger partial charge in [0.05, 0.1) is 5.41 Å². The summed E-state index contributed by atoms with van der Waals surface area (Å²) in [6.45, 7) is 16.3. The molecule has 0 spiro atoms. The third kappa shape index (κ3) is 9.18. The summed E-state index contributed by atoms with van der Waals surface area (Å²) in [7, 11) is 2.14. The second kappa shape index (κ2) is 19.2. The van der Waals surface area contributed by atoms with Gasteiger partial charge in [0.15, 0.2) is 5.71 Å². The second-order valence-electron chi connectivity index (χ2n) is 17.3. The van der Waals surface area contributed by atoms with Gasteiger partial charge in [-0.25, -0.2) is 0 Å². The number of hydrogen-bond donors (Lipinski definition) is 2. The van der Waals surface area contributed by atoms with E-state index in [1.165, 1.54) is 55.5 Å². The summed E-state index contributed by atoms with van der Waals surface area (Å²) in [4.78, 5) is 27.2. The van der Waals surface area contributed by atoms with E-state index in [0.717, 1.165) is 68.0 Å². The molecule has 0 radical (unpaired) electrons. The van der Waals surface area contributed by atoms with Crippen molar-refractivity contribution in [2.75, 3.05) is 38.1 Å². The van der Waals surface area contributed by atoms with Crippen LogP contribution in [0, 0.1) is 0 Å². The number of aliphatic carboxylic acids is 2. The highest BCUT2D eigenvalue weighted by molar-refractivity contribution is 6.32. The van der Waals surface area contributed by atoms with Crippen molar-refractivity contribution < 1.29 is 24.4 Å². The van der Waals surface area contributed by atoms with Gasteiger partial charge in [-0.2, -0.15) is 4.58 Å². The minimum atomic E-state index is -0.741. The van der Waals surface area contributed by atoms with Crippen LogP contribution in [0.4, 0.5) is 11.4 Å². The molecule has 0 amide bonds. The first kappa shape index (κ1) is 44.6. The molecular formula is C52H63ClN3O4+. The van der Waals surface area contributed by atoms with E-state index in [9.17, 15) is 19.8 Å². The highest BCUT2D eigenvalue weighted by Gasteiger charge is 2.45. The Morgan fingerprint density at radius 3 is 1.97 bits per heavy atom. The number of rotatable bonds is 15. The van der Waals surface area contributed by atoms with Crippen LogP contribution < -0.4 is 4.90 Å². The number of fused-ring (bicyclic) bond motifs is 6. The lowest BCUT2D eigenvalue weighted by Gasteiger charge is -2.28. The normalized spacial score (nSPS) is 18.5. The Bertz CT molecular complexity index is 2420. The molecule has 0 unspecified atom stereocenters. The lowest BCUT2D eigenvalue weighted by molar-refractivity contribution is -0.438. The number of nitrogens with zero attached hydrogens (tertiary/aromatic N) is 3. The van der Waals surface area contributed by atoms with E-state index in [2.05, 4.69) is 146 Å². The fourth-order valence-electron chi connectivity index (χ4n) is 9.59. The fourth-order valence-corrected chi connectivity index (χ4v) is 9.84. The standard InChI is InChI=1S/C50H56ClN3O4.C2H6/c1-49(2)42(53(30-14-6-8-20-44(55)56)40-26-22-34-16-10-12-18-38(34)46(40)49)28-24-36-32-52(5)33-37(48(36)51)25-29-43-50(3,4)47-39-19-13-11-17-35(39)23-27-41(47)54(43)31-15-7-9-21-45(57)58;1-2/h10-13,16-19,22-29H,6-9,14-15,20-21,30-33H2,1-5H3,(H-,55,56,57,58);1-2H3/p+1. The third-order valence-corrected chi connectivity index (χ3v) is 12.9. The fraction of sp³-hybridized carbons (Fsp3) is 0.404. The number of carbonyl (C=O) groups is 2. The zero-order chi connectivity index (χ0) is 43.2. The molecule has 0 bridgehead atoms. The quantitative estimate of drug-likeness (QED) is 0.0917. The molecule has 4 aromatic carbocycles. The van der Waals surface area contributed by atoms with Crippen molar-refractivity contribution in [3.63, 3.8) is 0 Å². The van der Waals surface area contributed by atoms with Crippen molar-refractivity contribution in [3.8, 4) is 0 Å². The Hall–Kier alpha value is -4.98. The Kier molecular flexibility index (Phi) is 14.2. The highest BCUT2D eigenvalue weighted by atomic mass is 35.5. The number of carboxylic acid groups (broad SMARTS) is 2. The van der Waals surface area contributed by atoms with Gasteiger partial charge in [-0.15, -0.1) is 0 Å². The molecule has 4 aromatic rings. The molecule has 7 rings (SSSR count). The smallest absolute Gasteiger partial charge is 0.303 e. The summed E-state index contributed by atoms with van der Waals surface area (Å²) in [5.41, 5.74) is 9.11. The maximum Gasteiger partial charge on any atom is 0.303 e. The largest absolute Gasteiger partial charge is 0.481 e. The Morgan fingerprint density at radius 2 is 1.32 bits per heavy atom. The van der Waals surface area contributed by atoms with Crippen LogP contribution in [0.5, 0.6) is 0 Å². The first-order chi connectivity index (χ1) is 28.8. The summed E-state index contributed by atoms with van der Waals surface area (Å²) >= 11 is 7.39. The first-order valence-electron chi connectivity index (χ1n) is 21.9. The molecule has 0 saturated heterocycles. The zero-order valence-electron chi connectivity index (χ0n) is 36.7.